The highest BCUT2D eigenvalue weighted by Crippen LogP contribution is 2.13. The van der Waals surface area contributed by atoms with Gasteiger partial charge in [-0.3, -0.25) is 14.6 Å². The molecule has 16 heavy (non-hydrogen) atoms. The Morgan fingerprint density at radius 2 is 1.88 bits per heavy atom. The molecular formula is C10H12N2O4. The molecule has 0 aromatic carbocycles. The van der Waals surface area contributed by atoms with E-state index < -0.39 is 11.9 Å². The molecule has 1 aromatic rings. The van der Waals surface area contributed by atoms with Crippen molar-refractivity contribution in [3.8, 4) is 0 Å². The maximum absolute atomic E-state index is 10.6. The second-order valence-electron chi connectivity index (χ2n) is 3.30. The Morgan fingerprint density at radius 1 is 1.31 bits per heavy atom. The van der Waals surface area contributed by atoms with Gasteiger partial charge in [0.1, 0.15) is 13.1 Å². The molecular weight excluding hydrogens is 212 g/mol. The molecule has 0 radical (unpaired) electrons. The van der Waals surface area contributed by atoms with Gasteiger partial charge >= 0.3 is 11.9 Å². The minimum Gasteiger partial charge on any atom is -0.480 e. The van der Waals surface area contributed by atoms with Gasteiger partial charge in [-0.2, -0.15) is 0 Å². The van der Waals surface area contributed by atoms with Crippen LogP contribution in [-0.2, 0) is 9.59 Å². The van der Waals surface area contributed by atoms with E-state index in [2.05, 4.69) is 4.98 Å². The van der Waals surface area contributed by atoms with Gasteiger partial charge in [-0.15, -0.1) is 0 Å². The fraction of sp³-hybridized carbons (Fsp3) is 0.300. The van der Waals surface area contributed by atoms with Crippen molar-refractivity contribution >= 4 is 17.6 Å². The van der Waals surface area contributed by atoms with Crippen molar-refractivity contribution in [3.63, 3.8) is 0 Å². The molecule has 0 unspecified atom stereocenters. The highest BCUT2D eigenvalue weighted by molar-refractivity contribution is 5.79. The molecule has 0 saturated heterocycles. The summed E-state index contributed by atoms with van der Waals surface area (Å²) in [6.07, 6.45) is 1.52. The molecule has 6 heteroatoms. The Balaban J connectivity index is 2.90. The van der Waals surface area contributed by atoms with Crippen molar-refractivity contribution < 1.29 is 19.8 Å². The summed E-state index contributed by atoms with van der Waals surface area (Å²) in [6, 6.07) is 3.23. The molecule has 0 aliphatic carbocycles. The largest absolute Gasteiger partial charge is 0.480 e. The van der Waals surface area contributed by atoms with E-state index in [-0.39, 0.29) is 13.1 Å². The van der Waals surface area contributed by atoms with Gasteiger partial charge in [0.05, 0.1) is 0 Å². The maximum Gasteiger partial charge on any atom is 0.323 e. The van der Waals surface area contributed by atoms with E-state index in [1.165, 1.54) is 11.1 Å². The summed E-state index contributed by atoms with van der Waals surface area (Å²) in [5.41, 5.74) is 1.25. The van der Waals surface area contributed by atoms with Gasteiger partial charge in [-0.1, -0.05) is 0 Å². The minimum absolute atomic E-state index is 0.351. The molecule has 86 valence electrons. The lowest BCUT2D eigenvalue weighted by Gasteiger charge is -2.20. The number of pyridine rings is 1. The number of aromatic nitrogens is 1. The smallest absolute Gasteiger partial charge is 0.323 e. The van der Waals surface area contributed by atoms with Crippen molar-refractivity contribution in [3.05, 3.63) is 24.0 Å². The molecule has 1 aromatic heterocycles. The number of hydrogen-bond donors (Lipinski definition) is 2. The zero-order valence-electron chi connectivity index (χ0n) is 8.75. The number of rotatable bonds is 5. The van der Waals surface area contributed by atoms with E-state index >= 15 is 0 Å². The number of aryl methyl sites for hydroxylation is 1. The van der Waals surface area contributed by atoms with Crippen LogP contribution in [0.15, 0.2) is 18.3 Å². The Bertz CT molecular complexity index is 390. The fourth-order valence-electron chi connectivity index (χ4n) is 1.29. The van der Waals surface area contributed by atoms with Gasteiger partial charge in [-0.25, -0.2) is 0 Å². The Labute approximate surface area is 92.1 Å². The van der Waals surface area contributed by atoms with Crippen molar-refractivity contribution in [2.24, 2.45) is 0 Å². The summed E-state index contributed by atoms with van der Waals surface area (Å²) in [4.78, 5) is 26.4. The molecule has 1 rings (SSSR count). The van der Waals surface area contributed by atoms with Crippen LogP contribution in [0, 0.1) is 6.92 Å². The summed E-state index contributed by atoms with van der Waals surface area (Å²) in [5.74, 6) is -2.15. The van der Waals surface area contributed by atoms with Gasteiger partial charge in [0.2, 0.25) is 0 Å². The number of hydrogen-bond acceptors (Lipinski definition) is 4. The summed E-state index contributed by atoms with van der Waals surface area (Å²) in [7, 11) is 0. The molecule has 0 fully saturated rings. The van der Waals surface area contributed by atoms with Crippen LogP contribution in [0.2, 0.25) is 0 Å². The first-order valence-corrected chi connectivity index (χ1v) is 4.60. The van der Waals surface area contributed by atoms with Gasteiger partial charge in [0.15, 0.2) is 0 Å². The highest BCUT2D eigenvalue weighted by Gasteiger charge is 2.14. The molecule has 0 saturated carbocycles. The van der Waals surface area contributed by atoms with Crippen molar-refractivity contribution in [1.29, 1.82) is 0 Å². The summed E-state index contributed by atoms with van der Waals surface area (Å²) in [6.45, 7) is 1.05. The molecule has 0 spiro atoms. The minimum atomic E-state index is -1.07. The van der Waals surface area contributed by atoms with E-state index in [0.29, 0.717) is 11.4 Å². The maximum atomic E-state index is 10.6. The standard InChI is InChI=1S/C10H12N2O4/c1-7-4-8(2-3-11-7)12(5-9(13)14)6-10(15)16/h2-4H,5-6H2,1H3,(H,13,14)(H,15,16). The first kappa shape index (κ1) is 12.0. The number of aliphatic carboxylic acids is 2. The third-order valence-corrected chi connectivity index (χ3v) is 1.90. The van der Waals surface area contributed by atoms with Gasteiger partial charge < -0.3 is 15.1 Å². The normalized spacial score (nSPS) is 9.81. The van der Waals surface area contributed by atoms with Crippen molar-refractivity contribution in [2.45, 2.75) is 6.92 Å². The number of carboxylic acid groups (broad SMARTS) is 2. The number of carbonyl (C=O) groups is 2. The van der Waals surface area contributed by atoms with E-state index in [4.69, 9.17) is 10.2 Å². The topological polar surface area (TPSA) is 90.7 Å². The zero-order valence-corrected chi connectivity index (χ0v) is 8.75. The quantitative estimate of drug-likeness (QED) is 0.750. The van der Waals surface area contributed by atoms with Crippen LogP contribution in [0.1, 0.15) is 5.69 Å². The average molecular weight is 224 g/mol. The third kappa shape index (κ3) is 3.56. The highest BCUT2D eigenvalue weighted by atomic mass is 16.4. The van der Waals surface area contributed by atoms with Crippen LogP contribution in [0.5, 0.6) is 0 Å². The van der Waals surface area contributed by atoms with Gasteiger partial charge in [0.25, 0.3) is 0 Å². The van der Waals surface area contributed by atoms with Crippen molar-refractivity contribution in [1.82, 2.24) is 4.98 Å². The number of nitrogens with zero attached hydrogens (tertiary/aromatic N) is 2. The summed E-state index contributed by atoms with van der Waals surface area (Å²) < 4.78 is 0. The summed E-state index contributed by atoms with van der Waals surface area (Å²) >= 11 is 0. The molecule has 2 N–H and O–H groups in total. The molecule has 0 aliphatic heterocycles. The Morgan fingerprint density at radius 3 is 2.31 bits per heavy atom. The van der Waals surface area contributed by atoms with Crippen LogP contribution in [0.4, 0.5) is 5.69 Å². The van der Waals surface area contributed by atoms with Crippen LogP contribution < -0.4 is 4.90 Å². The fourth-order valence-corrected chi connectivity index (χ4v) is 1.29. The van der Waals surface area contributed by atoms with Crippen LogP contribution in [0.3, 0.4) is 0 Å². The van der Waals surface area contributed by atoms with E-state index in [9.17, 15) is 9.59 Å². The van der Waals surface area contributed by atoms with E-state index in [1.807, 2.05) is 0 Å². The van der Waals surface area contributed by atoms with Crippen molar-refractivity contribution in [2.75, 3.05) is 18.0 Å². The van der Waals surface area contributed by atoms with Crippen LogP contribution >= 0.6 is 0 Å². The average Bonchev–Trinajstić information content (AvgIpc) is 2.15. The molecule has 0 aliphatic rings. The Hall–Kier alpha value is -2.11. The lowest BCUT2D eigenvalue weighted by molar-refractivity contribution is -0.136. The zero-order chi connectivity index (χ0) is 12.1. The number of carboxylic acids is 2. The van der Waals surface area contributed by atoms with Crippen LogP contribution in [-0.4, -0.2) is 40.2 Å². The molecule has 1 heterocycles. The molecule has 0 amide bonds. The second kappa shape index (κ2) is 5.11. The Kier molecular flexibility index (Phi) is 3.82. The third-order valence-electron chi connectivity index (χ3n) is 1.90. The second-order valence-corrected chi connectivity index (χ2v) is 3.30. The first-order valence-electron chi connectivity index (χ1n) is 4.60. The van der Waals surface area contributed by atoms with Gasteiger partial charge in [0, 0.05) is 17.6 Å². The monoisotopic (exact) mass is 224 g/mol. The SMILES string of the molecule is Cc1cc(N(CC(=O)O)CC(=O)O)ccn1. The van der Waals surface area contributed by atoms with Crippen LogP contribution in [0.25, 0.3) is 0 Å². The lowest BCUT2D eigenvalue weighted by atomic mass is 10.3. The molecule has 0 atom stereocenters. The lowest BCUT2D eigenvalue weighted by Crippen LogP contribution is -2.34. The van der Waals surface area contributed by atoms with E-state index in [1.54, 1.807) is 19.1 Å². The number of anilines is 1. The van der Waals surface area contributed by atoms with E-state index in [0.717, 1.165) is 0 Å². The van der Waals surface area contributed by atoms with Gasteiger partial charge in [-0.05, 0) is 19.1 Å². The predicted molar refractivity (Wildman–Crippen MR) is 56.5 cm³/mol. The molecule has 6 nitrogen and oxygen atoms in total. The predicted octanol–water partition coefficient (Wildman–Crippen LogP) is 0.366. The summed E-state index contributed by atoms with van der Waals surface area (Å²) in [5, 5.41) is 17.4. The molecule has 0 bridgehead atoms. The first-order chi connectivity index (χ1) is 7.49.